The Balaban J connectivity index is 3.77. The summed E-state index contributed by atoms with van der Waals surface area (Å²) >= 11 is 10.8. The number of ketones is 1. The van der Waals surface area contributed by atoms with Gasteiger partial charge in [0.1, 0.15) is 12.0 Å². The molecule has 0 spiro atoms. The lowest BCUT2D eigenvalue weighted by atomic mass is 10.2. The first-order chi connectivity index (χ1) is 6.11. The maximum atomic E-state index is 10.9. The molecule has 0 aromatic heterocycles. The van der Waals surface area contributed by atoms with Gasteiger partial charge in [0, 0.05) is 0 Å². The molecule has 1 atom stereocenters. The fourth-order valence-electron chi connectivity index (χ4n) is 0.555. The molecular weight excluding hydrogens is 215 g/mol. The molecular formula is C8H10Cl2O3. The third-order valence-electron chi connectivity index (χ3n) is 1.19. The van der Waals surface area contributed by atoms with Gasteiger partial charge in [0.15, 0.2) is 5.78 Å². The highest BCUT2D eigenvalue weighted by Gasteiger charge is 2.18. The summed E-state index contributed by atoms with van der Waals surface area (Å²) in [6.45, 7) is 3.49. The number of hydrogen-bond donors (Lipinski definition) is 0. The van der Waals surface area contributed by atoms with Crippen LogP contribution < -0.4 is 0 Å². The summed E-state index contributed by atoms with van der Waals surface area (Å²) < 4.78 is 4.62. The van der Waals surface area contributed by atoms with Gasteiger partial charge >= 0.3 is 5.97 Å². The van der Waals surface area contributed by atoms with E-state index in [2.05, 4.69) is 11.3 Å². The molecule has 0 aliphatic carbocycles. The lowest BCUT2D eigenvalue weighted by molar-refractivity contribution is -0.143. The summed E-state index contributed by atoms with van der Waals surface area (Å²) in [7, 11) is 0. The number of ether oxygens (including phenoxy) is 1. The first kappa shape index (κ1) is 12.5. The summed E-state index contributed by atoms with van der Waals surface area (Å²) in [5.74, 6) is -1.10. The monoisotopic (exact) mass is 224 g/mol. The van der Waals surface area contributed by atoms with Gasteiger partial charge in [-0.2, -0.15) is 0 Å². The molecule has 0 aromatic carbocycles. The van der Waals surface area contributed by atoms with Crippen LogP contribution >= 0.6 is 23.2 Å². The Hall–Kier alpha value is -0.540. The van der Waals surface area contributed by atoms with E-state index in [1.54, 1.807) is 0 Å². The normalized spacial score (nSPS) is 11.8. The Morgan fingerprint density at radius 2 is 2.15 bits per heavy atom. The third-order valence-corrected chi connectivity index (χ3v) is 1.85. The van der Waals surface area contributed by atoms with E-state index in [4.69, 9.17) is 23.2 Å². The second kappa shape index (κ2) is 6.92. The number of esters is 1. The van der Waals surface area contributed by atoms with Gasteiger partial charge in [0.25, 0.3) is 0 Å². The molecule has 1 unspecified atom stereocenters. The second-order valence-electron chi connectivity index (χ2n) is 2.24. The van der Waals surface area contributed by atoms with E-state index >= 15 is 0 Å². The Bertz CT molecular complexity index is 204. The number of hydrogen-bond acceptors (Lipinski definition) is 3. The Labute approximate surface area is 86.6 Å². The van der Waals surface area contributed by atoms with E-state index in [9.17, 15) is 9.59 Å². The number of halogens is 2. The summed E-state index contributed by atoms with van der Waals surface area (Å²) in [6, 6.07) is 0. The van der Waals surface area contributed by atoms with Crippen LogP contribution in [-0.4, -0.2) is 29.6 Å². The van der Waals surface area contributed by atoms with Gasteiger partial charge in [-0.1, -0.05) is 12.7 Å². The first-order valence-electron chi connectivity index (χ1n) is 3.61. The SMILES string of the molecule is C=CCOC(=O)CC(Cl)C(=O)CCl. The van der Waals surface area contributed by atoms with Gasteiger partial charge in [0.05, 0.1) is 12.3 Å². The van der Waals surface area contributed by atoms with Gasteiger partial charge in [-0.05, 0) is 0 Å². The Kier molecular flexibility index (Phi) is 6.63. The smallest absolute Gasteiger partial charge is 0.308 e. The maximum Gasteiger partial charge on any atom is 0.308 e. The fraction of sp³-hybridized carbons (Fsp3) is 0.500. The van der Waals surface area contributed by atoms with Crippen LogP contribution in [0.4, 0.5) is 0 Å². The lowest BCUT2D eigenvalue weighted by Gasteiger charge is -2.05. The molecule has 74 valence electrons. The summed E-state index contributed by atoms with van der Waals surface area (Å²) in [6.07, 6.45) is 1.28. The van der Waals surface area contributed by atoms with Gasteiger partial charge in [-0.3, -0.25) is 9.59 Å². The van der Waals surface area contributed by atoms with E-state index in [-0.39, 0.29) is 24.7 Å². The quantitative estimate of drug-likeness (QED) is 0.391. The predicted molar refractivity (Wildman–Crippen MR) is 51.1 cm³/mol. The molecule has 3 nitrogen and oxygen atoms in total. The number of alkyl halides is 2. The van der Waals surface area contributed by atoms with Crippen molar-refractivity contribution in [3.8, 4) is 0 Å². The maximum absolute atomic E-state index is 10.9. The van der Waals surface area contributed by atoms with Crippen molar-refractivity contribution in [3.63, 3.8) is 0 Å². The van der Waals surface area contributed by atoms with Crippen molar-refractivity contribution < 1.29 is 14.3 Å². The number of carbonyl (C=O) groups is 2. The van der Waals surface area contributed by atoms with Crippen LogP contribution in [0.3, 0.4) is 0 Å². The molecule has 0 N–H and O–H groups in total. The number of Topliss-reactive ketones (excluding diaryl/α,β-unsaturated/α-hetero) is 1. The van der Waals surface area contributed by atoms with Crippen molar-refractivity contribution in [1.82, 2.24) is 0 Å². The van der Waals surface area contributed by atoms with Crippen molar-refractivity contribution in [2.24, 2.45) is 0 Å². The standard InChI is InChI=1S/C8H10Cl2O3/c1-2-3-13-8(12)4-6(10)7(11)5-9/h2,6H,1,3-5H2. The van der Waals surface area contributed by atoms with Crippen LogP contribution in [0.15, 0.2) is 12.7 Å². The Morgan fingerprint density at radius 3 is 2.62 bits per heavy atom. The number of carbonyl (C=O) groups excluding carboxylic acids is 2. The highest BCUT2D eigenvalue weighted by atomic mass is 35.5. The van der Waals surface area contributed by atoms with Crippen molar-refractivity contribution >= 4 is 35.0 Å². The van der Waals surface area contributed by atoms with E-state index in [0.717, 1.165) is 0 Å². The molecule has 0 radical (unpaired) electrons. The van der Waals surface area contributed by atoms with Crippen LogP contribution in [0, 0.1) is 0 Å². The second-order valence-corrected chi connectivity index (χ2v) is 3.04. The van der Waals surface area contributed by atoms with Crippen LogP contribution in [0.25, 0.3) is 0 Å². The molecule has 0 heterocycles. The van der Waals surface area contributed by atoms with E-state index in [1.165, 1.54) is 6.08 Å². The molecule has 0 aliphatic heterocycles. The van der Waals surface area contributed by atoms with Crippen molar-refractivity contribution in [2.45, 2.75) is 11.8 Å². The topological polar surface area (TPSA) is 43.4 Å². The molecule has 0 bridgehead atoms. The zero-order chi connectivity index (χ0) is 10.3. The van der Waals surface area contributed by atoms with Gasteiger partial charge < -0.3 is 4.74 Å². The molecule has 0 rings (SSSR count). The third kappa shape index (κ3) is 5.66. The minimum Gasteiger partial charge on any atom is -0.461 e. The first-order valence-corrected chi connectivity index (χ1v) is 4.58. The summed E-state index contributed by atoms with van der Waals surface area (Å²) in [5, 5.41) is -0.894. The largest absolute Gasteiger partial charge is 0.461 e. The fourth-order valence-corrected chi connectivity index (χ4v) is 1.02. The van der Waals surface area contributed by atoms with Crippen LogP contribution in [0.1, 0.15) is 6.42 Å². The summed E-state index contributed by atoms with van der Waals surface area (Å²) in [4.78, 5) is 21.7. The van der Waals surface area contributed by atoms with Crippen LogP contribution in [0.5, 0.6) is 0 Å². The lowest BCUT2D eigenvalue weighted by Crippen LogP contribution is -2.21. The van der Waals surface area contributed by atoms with Gasteiger partial charge in [0.2, 0.25) is 0 Å². The molecule has 5 heteroatoms. The van der Waals surface area contributed by atoms with Crippen molar-refractivity contribution in [3.05, 3.63) is 12.7 Å². The number of rotatable bonds is 6. The molecule has 0 saturated carbocycles. The zero-order valence-corrected chi connectivity index (χ0v) is 8.48. The van der Waals surface area contributed by atoms with E-state index in [1.807, 2.05) is 0 Å². The predicted octanol–water partition coefficient (Wildman–Crippen LogP) is 1.52. The molecule has 0 amide bonds. The molecule has 13 heavy (non-hydrogen) atoms. The molecule has 0 saturated heterocycles. The van der Waals surface area contributed by atoms with Gasteiger partial charge in [-0.25, -0.2) is 0 Å². The minimum atomic E-state index is -0.894. The van der Waals surface area contributed by atoms with Gasteiger partial charge in [-0.15, -0.1) is 23.2 Å². The van der Waals surface area contributed by atoms with Crippen molar-refractivity contribution in [1.29, 1.82) is 0 Å². The zero-order valence-electron chi connectivity index (χ0n) is 6.96. The van der Waals surface area contributed by atoms with Crippen LogP contribution in [-0.2, 0) is 14.3 Å². The summed E-state index contributed by atoms with van der Waals surface area (Å²) in [5.41, 5.74) is 0. The molecule has 0 fully saturated rings. The highest BCUT2D eigenvalue weighted by Crippen LogP contribution is 2.06. The van der Waals surface area contributed by atoms with Crippen LogP contribution in [0.2, 0.25) is 0 Å². The average Bonchev–Trinajstić information content (AvgIpc) is 2.13. The van der Waals surface area contributed by atoms with Crippen molar-refractivity contribution in [2.75, 3.05) is 12.5 Å². The highest BCUT2D eigenvalue weighted by molar-refractivity contribution is 6.38. The van der Waals surface area contributed by atoms with E-state index < -0.39 is 11.3 Å². The molecule has 0 aromatic rings. The molecule has 0 aliphatic rings. The minimum absolute atomic E-state index is 0.123. The van der Waals surface area contributed by atoms with E-state index in [0.29, 0.717) is 0 Å². The average molecular weight is 225 g/mol. The Morgan fingerprint density at radius 1 is 1.54 bits per heavy atom.